The number of rotatable bonds is 6. The van der Waals surface area contributed by atoms with Crippen LogP contribution >= 0.6 is 11.6 Å². The molecule has 120 valence electrons. The van der Waals surface area contributed by atoms with Crippen molar-refractivity contribution >= 4 is 22.5 Å². The highest BCUT2D eigenvalue weighted by Gasteiger charge is 2.22. The second-order valence-electron chi connectivity index (χ2n) is 5.96. The Balaban J connectivity index is 1.94. The van der Waals surface area contributed by atoms with Crippen molar-refractivity contribution in [2.45, 2.75) is 38.3 Å². The first-order valence-corrected chi connectivity index (χ1v) is 8.38. The lowest BCUT2D eigenvalue weighted by Gasteiger charge is -2.19. The van der Waals surface area contributed by atoms with Crippen molar-refractivity contribution in [2.24, 2.45) is 0 Å². The van der Waals surface area contributed by atoms with Gasteiger partial charge >= 0.3 is 0 Å². The van der Waals surface area contributed by atoms with E-state index in [4.69, 9.17) is 16.7 Å². The number of aromatic nitrogens is 1. The molecule has 0 amide bonds. The van der Waals surface area contributed by atoms with E-state index in [0.29, 0.717) is 19.6 Å². The minimum absolute atomic E-state index is 0.0837. The van der Waals surface area contributed by atoms with E-state index in [-0.39, 0.29) is 6.61 Å². The Labute approximate surface area is 135 Å². The monoisotopic (exact) mass is 322 g/mol. The minimum atomic E-state index is -0.496. The van der Waals surface area contributed by atoms with Crippen LogP contribution in [0.25, 0.3) is 10.9 Å². The molecular weight excluding hydrogens is 300 g/mol. The molecule has 0 fully saturated rings. The number of fused-ring (bicyclic) bond motifs is 3. The van der Waals surface area contributed by atoms with Crippen LogP contribution in [0.4, 0.5) is 0 Å². The first kappa shape index (κ1) is 15.8. The van der Waals surface area contributed by atoms with E-state index in [0.717, 1.165) is 23.4 Å². The number of aryl methyl sites for hydroxylation is 1. The predicted molar refractivity (Wildman–Crippen MR) is 89.6 cm³/mol. The van der Waals surface area contributed by atoms with Crippen LogP contribution < -0.4 is 5.32 Å². The molecule has 22 heavy (non-hydrogen) atoms. The average molecular weight is 323 g/mol. The van der Waals surface area contributed by atoms with Crippen LogP contribution in [0.15, 0.2) is 18.2 Å². The normalized spacial score (nSPS) is 16.0. The Morgan fingerprint density at radius 1 is 1.27 bits per heavy atom. The van der Waals surface area contributed by atoms with Crippen LogP contribution in [-0.2, 0) is 19.4 Å². The van der Waals surface area contributed by atoms with Gasteiger partial charge in [0.15, 0.2) is 0 Å². The van der Waals surface area contributed by atoms with Gasteiger partial charge in [-0.2, -0.15) is 0 Å². The van der Waals surface area contributed by atoms with E-state index in [1.807, 2.05) is 12.1 Å². The highest BCUT2D eigenvalue weighted by molar-refractivity contribution is 6.35. The molecule has 1 atom stereocenters. The molecule has 1 aromatic heterocycles. The van der Waals surface area contributed by atoms with Gasteiger partial charge in [0.05, 0.1) is 29.8 Å². The van der Waals surface area contributed by atoms with Gasteiger partial charge < -0.3 is 20.1 Å². The van der Waals surface area contributed by atoms with E-state index in [1.54, 1.807) is 0 Å². The third kappa shape index (κ3) is 3.01. The van der Waals surface area contributed by atoms with Gasteiger partial charge in [-0.15, -0.1) is 0 Å². The van der Waals surface area contributed by atoms with Crippen molar-refractivity contribution in [1.82, 2.24) is 9.88 Å². The summed E-state index contributed by atoms with van der Waals surface area (Å²) >= 11 is 6.44. The van der Waals surface area contributed by atoms with Crippen molar-refractivity contribution in [3.8, 4) is 0 Å². The number of benzene rings is 1. The fourth-order valence-electron chi connectivity index (χ4n) is 3.47. The maximum absolute atomic E-state index is 10.3. The second kappa shape index (κ2) is 7.01. The molecule has 0 saturated heterocycles. The van der Waals surface area contributed by atoms with Crippen LogP contribution in [0, 0.1) is 0 Å². The van der Waals surface area contributed by atoms with E-state index in [1.165, 1.54) is 29.5 Å². The number of aliphatic hydroxyl groups is 2. The van der Waals surface area contributed by atoms with E-state index >= 15 is 0 Å². The smallest absolute Gasteiger partial charge is 0.0843 e. The Bertz CT molecular complexity index is 654. The van der Waals surface area contributed by atoms with E-state index in [2.05, 4.69) is 16.0 Å². The molecule has 1 aromatic carbocycles. The van der Waals surface area contributed by atoms with Crippen molar-refractivity contribution < 1.29 is 10.2 Å². The number of hydrogen-bond acceptors (Lipinski definition) is 3. The van der Waals surface area contributed by atoms with Crippen LogP contribution in [-0.4, -0.2) is 40.6 Å². The van der Waals surface area contributed by atoms with Crippen LogP contribution in [0.2, 0.25) is 5.02 Å². The molecule has 0 aliphatic heterocycles. The molecule has 1 aliphatic rings. The maximum atomic E-state index is 10.3. The lowest BCUT2D eigenvalue weighted by molar-refractivity contribution is 0.149. The summed E-state index contributed by atoms with van der Waals surface area (Å²) in [4.78, 5) is 0. The topological polar surface area (TPSA) is 57.4 Å². The van der Waals surface area contributed by atoms with Gasteiger partial charge in [0.2, 0.25) is 0 Å². The Kier molecular flexibility index (Phi) is 5.03. The summed E-state index contributed by atoms with van der Waals surface area (Å²) in [6, 6.07) is 6.06. The molecule has 0 saturated carbocycles. The van der Waals surface area contributed by atoms with E-state index < -0.39 is 6.10 Å². The fourth-order valence-corrected chi connectivity index (χ4v) is 3.75. The van der Waals surface area contributed by atoms with Crippen LogP contribution in [0.3, 0.4) is 0 Å². The minimum Gasteiger partial charge on any atom is -0.395 e. The fraction of sp³-hybridized carbons (Fsp3) is 0.529. The number of nitrogens with one attached hydrogen (secondary N) is 1. The van der Waals surface area contributed by atoms with Crippen LogP contribution in [0.5, 0.6) is 0 Å². The van der Waals surface area contributed by atoms with Crippen molar-refractivity contribution in [3.05, 3.63) is 34.5 Å². The van der Waals surface area contributed by atoms with Crippen molar-refractivity contribution in [1.29, 1.82) is 0 Å². The summed E-state index contributed by atoms with van der Waals surface area (Å²) in [5.74, 6) is 0. The number of halogens is 1. The van der Waals surface area contributed by atoms with E-state index in [9.17, 15) is 5.11 Å². The third-order valence-corrected chi connectivity index (χ3v) is 4.71. The molecule has 2 aromatic rings. The molecular formula is C17H23ClN2O2. The number of aliphatic hydroxyl groups excluding tert-OH is 2. The quantitative estimate of drug-likeness (QED) is 0.714. The van der Waals surface area contributed by atoms with Gasteiger partial charge in [-0.3, -0.25) is 0 Å². The second-order valence-corrected chi connectivity index (χ2v) is 6.37. The van der Waals surface area contributed by atoms with Crippen molar-refractivity contribution in [3.63, 3.8) is 0 Å². The van der Waals surface area contributed by atoms with Gasteiger partial charge in [0.25, 0.3) is 0 Å². The predicted octanol–water partition coefficient (Wildman–Crippen LogP) is 2.12. The molecule has 3 rings (SSSR count). The third-order valence-electron chi connectivity index (χ3n) is 4.41. The van der Waals surface area contributed by atoms with Gasteiger partial charge in [0, 0.05) is 24.2 Å². The van der Waals surface area contributed by atoms with Crippen LogP contribution in [0.1, 0.15) is 24.1 Å². The Hall–Kier alpha value is -1.07. The zero-order valence-electron chi connectivity index (χ0n) is 12.7. The number of hydrogen-bond donors (Lipinski definition) is 3. The standard InChI is InChI=1S/C17H23ClN2O2/c18-15-6-3-5-14-13-4-1-2-7-16(13)20(17(14)15)11-12(22)10-19-8-9-21/h3,5-6,12,19,21-22H,1-2,4,7-11H2. The SMILES string of the molecule is OCCNCC(O)Cn1c2c(c3cccc(Cl)c31)CCCC2. The maximum Gasteiger partial charge on any atom is 0.0843 e. The lowest BCUT2D eigenvalue weighted by Crippen LogP contribution is -2.32. The van der Waals surface area contributed by atoms with Gasteiger partial charge in [-0.25, -0.2) is 0 Å². The van der Waals surface area contributed by atoms with Gasteiger partial charge in [0.1, 0.15) is 0 Å². The Morgan fingerprint density at radius 3 is 2.91 bits per heavy atom. The summed E-state index contributed by atoms with van der Waals surface area (Å²) in [6.07, 6.45) is 4.07. The van der Waals surface area contributed by atoms with Gasteiger partial charge in [-0.05, 0) is 37.3 Å². The molecule has 0 spiro atoms. The highest BCUT2D eigenvalue weighted by Crippen LogP contribution is 2.35. The molecule has 0 bridgehead atoms. The molecule has 5 heteroatoms. The number of para-hydroxylation sites is 1. The molecule has 1 heterocycles. The zero-order chi connectivity index (χ0) is 15.5. The molecule has 4 nitrogen and oxygen atoms in total. The largest absolute Gasteiger partial charge is 0.395 e. The molecule has 1 aliphatic carbocycles. The summed E-state index contributed by atoms with van der Waals surface area (Å²) < 4.78 is 2.21. The zero-order valence-corrected chi connectivity index (χ0v) is 13.4. The lowest BCUT2D eigenvalue weighted by atomic mass is 9.95. The Morgan fingerprint density at radius 2 is 2.09 bits per heavy atom. The number of nitrogens with zero attached hydrogens (tertiary/aromatic N) is 1. The first-order chi connectivity index (χ1) is 10.7. The van der Waals surface area contributed by atoms with Crippen molar-refractivity contribution in [2.75, 3.05) is 19.7 Å². The highest BCUT2D eigenvalue weighted by atomic mass is 35.5. The summed E-state index contributed by atoms with van der Waals surface area (Å²) in [6.45, 7) is 1.59. The molecule has 3 N–H and O–H groups in total. The average Bonchev–Trinajstić information content (AvgIpc) is 2.84. The molecule has 0 radical (unpaired) electrons. The molecule has 1 unspecified atom stereocenters. The summed E-state index contributed by atoms with van der Waals surface area (Å²) in [7, 11) is 0. The summed E-state index contributed by atoms with van der Waals surface area (Å²) in [5, 5.41) is 24.1. The van der Waals surface area contributed by atoms with Gasteiger partial charge in [-0.1, -0.05) is 23.7 Å². The summed E-state index contributed by atoms with van der Waals surface area (Å²) in [5.41, 5.74) is 3.78. The first-order valence-electron chi connectivity index (χ1n) is 8.00.